The smallest absolute Gasteiger partial charge is 0.266 e. The molecule has 0 unspecified atom stereocenters. The molecule has 31 heavy (non-hydrogen) atoms. The maximum atomic E-state index is 14.1. The summed E-state index contributed by atoms with van der Waals surface area (Å²) in [7, 11) is 0. The molecule has 3 nitrogen and oxygen atoms in total. The van der Waals surface area contributed by atoms with Gasteiger partial charge in [0, 0.05) is 11.1 Å². The fourth-order valence-corrected chi connectivity index (χ4v) is 3.79. The second-order valence-corrected chi connectivity index (χ2v) is 7.23. The van der Waals surface area contributed by atoms with Crippen LogP contribution in [-0.4, -0.2) is 9.55 Å². The number of para-hydroxylation sites is 1. The van der Waals surface area contributed by atoms with E-state index in [1.165, 1.54) is 0 Å². The fraction of sp³-hybridized carbons (Fsp3) is 0. The highest BCUT2D eigenvalue weighted by molar-refractivity contribution is 5.82. The van der Waals surface area contributed by atoms with Gasteiger partial charge in [-0.1, -0.05) is 109 Å². The van der Waals surface area contributed by atoms with Crippen molar-refractivity contribution in [3.63, 3.8) is 0 Å². The SMILES string of the molecule is O=c1c(-c2ccccc2)c(-c2ccccc2)nc(-c2ccccc2)n1-c1ccccc1. The first-order chi connectivity index (χ1) is 15.3. The Hall–Kier alpha value is -4.24. The third-order valence-corrected chi connectivity index (χ3v) is 5.24. The molecule has 5 rings (SSSR count). The molecule has 0 saturated heterocycles. The Morgan fingerprint density at radius 1 is 0.516 bits per heavy atom. The highest BCUT2D eigenvalue weighted by Gasteiger charge is 2.21. The summed E-state index contributed by atoms with van der Waals surface area (Å²) in [4.78, 5) is 19.2. The van der Waals surface area contributed by atoms with Crippen LogP contribution in [0.15, 0.2) is 126 Å². The van der Waals surface area contributed by atoms with Gasteiger partial charge < -0.3 is 0 Å². The van der Waals surface area contributed by atoms with Gasteiger partial charge in [0.1, 0.15) is 5.82 Å². The van der Waals surface area contributed by atoms with E-state index < -0.39 is 0 Å². The zero-order valence-corrected chi connectivity index (χ0v) is 16.8. The number of hydrogen-bond acceptors (Lipinski definition) is 2. The molecule has 0 atom stereocenters. The van der Waals surface area contributed by atoms with Gasteiger partial charge in [-0.2, -0.15) is 0 Å². The first kappa shape index (κ1) is 18.8. The largest absolute Gasteiger partial charge is 0.268 e. The van der Waals surface area contributed by atoms with Gasteiger partial charge in [0.05, 0.1) is 16.9 Å². The third kappa shape index (κ3) is 3.58. The van der Waals surface area contributed by atoms with Gasteiger partial charge in [-0.25, -0.2) is 4.98 Å². The lowest BCUT2D eigenvalue weighted by atomic mass is 9.99. The fourth-order valence-electron chi connectivity index (χ4n) is 3.79. The van der Waals surface area contributed by atoms with E-state index in [4.69, 9.17) is 4.98 Å². The molecule has 0 spiro atoms. The van der Waals surface area contributed by atoms with E-state index in [2.05, 4.69) is 0 Å². The van der Waals surface area contributed by atoms with Crippen LogP contribution in [-0.2, 0) is 0 Å². The van der Waals surface area contributed by atoms with Crippen LogP contribution in [0.5, 0.6) is 0 Å². The van der Waals surface area contributed by atoms with E-state index in [1.54, 1.807) is 4.57 Å². The van der Waals surface area contributed by atoms with E-state index >= 15 is 0 Å². The van der Waals surface area contributed by atoms with Crippen LogP contribution in [0.4, 0.5) is 0 Å². The average molecular weight is 400 g/mol. The Kier molecular flexibility index (Phi) is 4.99. The van der Waals surface area contributed by atoms with Gasteiger partial charge in [0.25, 0.3) is 5.56 Å². The van der Waals surface area contributed by atoms with E-state index in [0.29, 0.717) is 17.1 Å². The number of rotatable bonds is 4. The molecule has 1 aromatic heterocycles. The van der Waals surface area contributed by atoms with Crippen LogP contribution >= 0.6 is 0 Å². The third-order valence-electron chi connectivity index (χ3n) is 5.24. The van der Waals surface area contributed by atoms with Gasteiger partial charge in [0.2, 0.25) is 0 Å². The van der Waals surface area contributed by atoms with Crippen LogP contribution in [0.1, 0.15) is 0 Å². The highest BCUT2D eigenvalue weighted by Crippen LogP contribution is 2.31. The molecule has 148 valence electrons. The second kappa shape index (κ2) is 8.25. The highest BCUT2D eigenvalue weighted by atomic mass is 16.1. The molecule has 0 saturated carbocycles. The zero-order valence-electron chi connectivity index (χ0n) is 16.8. The molecular weight excluding hydrogens is 380 g/mol. The molecule has 0 N–H and O–H groups in total. The van der Waals surface area contributed by atoms with Crippen LogP contribution in [0, 0.1) is 0 Å². The molecule has 0 aliphatic carbocycles. The van der Waals surface area contributed by atoms with E-state index in [0.717, 1.165) is 22.4 Å². The maximum absolute atomic E-state index is 14.1. The lowest BCUT2D eigenvalue weighted by molar-refractivity contribution is 0.956. The number of aromatic nitrogens is 2. The number of benzene rings is 4. The Morgan fingerprint density at radius 2 is 0.968 bits per heavy atom. The summed E-state index contributed by atoms with van der Waals surface area (Å²) in [6.07, 6.45) is 0. The summed E-state index contributed by atoms with van der Waals surface area (Å²) in [5, 5.41) is 0. The van der Waals surface area contributed by atoms with Crippen molar-refractivity contribution in [1.29, 1.82) is 0 Å². The lowest BCUT2D eigenvalue weighted by Gasteiger charge is -2.18. The van der Waals surface area contributed by atoms with Crippen molar-refractivity contribution in [2.45, 2.75) is 0 Å². The summed E-state index contributed by atoms with van der Waals surface area (Å²) >= 11 is 0. The molecule has 0 bridgehead atoms. The normalized spacial score (nSPS) is 10.7. The Bertz CT molecular complexity index is 1260. The maximum Gasteiger partial charge on any atom is 0.266 e. The summed E-state index contributed by atoms with van der Waals surface area (Å²) in [5.41, 5.74) is 4.62. The minimum atomic E-state index is -0.0925. The molecule has 5 aromatic rings. The van der Waals surface area contributed by atoms with Gasteiger partial charge in [-0.05, 0) is 17.7 Å². The second-order valence-electron chi connectivity index (χ2n) is 7.23. The quantitative estimate of drug-likeness (QED) is 0.358. The molecule has 0 aliphatic heterocycles. The Labute approximate surface area is 180 Å². The van der Waals surface area contributed by atoms with Crippen LogP contribution in [0.2, 0.25) is 0 Å². The zero-order chi connectivity index (χ0) is 21.0. The van der Waals surface area contributed by atoms with Crippen LogP contribution in [0.3, 0.4) is 0 Å². The molecule has 0 aliphatic rings. The molecule has 4 aromatic carbocycles. The molecule has 0 fully saturated rings. The lowest BCUT2D eigenvalue weighted by Crippen LogP contribution is -2.24. The van der Waals surface area contributed by atoms with Gasteiger partial charge in [0.15, 0.2) is 0 Å². The van der Waals surface area contributed by atoms with Crippen molar-refractivity contribution in [2.75, 3.05) is 0 Å². The first-order valence-electron chi connectivity index (χ1n) is 10.2. The monoisotopic (exact) mass is 400 g/mol. The van der Waals surface area contributed by atoms with E-state index in [9.17, 15) is 4.79 Å². The molecular formula is C28H20N2O. The van der Waals surface area contributed by atoms with Crippen molar-refractivity contribution in [2.24, 2.45) is 0 Å². The molecule has 3 heteroatoms. The predicted molar refractivity (Wildman–Crippen MR) is 126 cm³/mol. The molecule has 0 radical (unpaired) electrons. The minimum Gasteiger partial charge on any atom is -0.268 e. The summed E-state index contributed by atoms with van der Waals surface area (Å²) < 4.78 is 1.71. The molecule has 1 heterocycles. The Morgan fingerprint density at radius 3 is 1.52 bits per heavy atom. The minimum absolute atomic E-state index is 0.0925. The van der Waals surface area contributed by atoms with Gasteiger partial charge in [-0.15, -0.1) is 0 Å². The van der Waals surface area contributed by atoms with E-state index in [-0.39, 0.29) is 5.56 Å². The Balaban J connectivity index is 1.92. The van der Waals surface area contributed by atoms with Crippen molar-refractivity contribution in [3.8, 4) is 39.5 Å². The van der Waals surface area contributed by atoms with Crippen LogP contribution in [0.25, 0.3) is 39.5 Å². The number of hydrogen-bond donors (Lipinski definition) is 0. The topological polar surface area (TPSA) is 34.9 Å². The summed E-state index contributed by atoms with van der Waals surface area (Å²) in [5.74, 6) is 0.621. The number of nitrogens with zero attached hydrogens (tertiary/aromatic N) is 2. The summed E-state index contributed by atoms with van der Waals surface area (Å²) in [6.45, 7) is 0. The van der Waals surface area contributed by atoms with Crippen LogP contribution < -0.4 is 5.56 Å². The van der Waals surface area contributed by atoms with E-state index in [1.807, 2.05) is 121 Å². The van der Waals surface area contributed by atoms with Crippen molar-refractivity contribution < 1.29 is 0 Å². The average Bonchev–Trinajstić information content (AvgIpc) is 2.85. The predicted octanol–water partition coefficient (Wildman–Crippen LogP) is 6.23. The summed E-state index contributed by atoms with van der Waals surface area (Å²) in [6, 6.07) is 39.2. The first-order valence-corrected chi connectivity index (χ1v) is 10.2. The van der Waals surface area contributed by atoms with Gasteiger partial charge >= 0.3 is 0 Å². The van der Waals surface area contributed by atoms with Crippen molar-refractivity contribution >= 4 is 0 Å². The van der Waals surface area contributed by atoms with Crippen molar-refractivity contribution in [1.82, 2.24) is 9.55 Å². The van der Waals surface area contributed by atoms with Gasteiger partial charge in [-0.3, -0.25) is 9.36 Å². The standard InChI is InChI=1S/C28H20N2O/c31-28-25(21-13-5-1-6-14-21)26(22-15-7-2-8-16-22)29-27(23-17-9-3-10-18-23)30(28)24-19-11-4-12-20-24/h1-20H. The van der Waals surface area contributed by atoms with Crippen molar-refractivity contribution in [3.05, 3.63) is 132 Å². The molecule has 0 amide bonds.